The van der Waals surface area contributed by atoms with Gasteiger partial charge in [-0.3, -0.25) is 9.69 Å². The van der Waals surface area contributed by atoms with Crippen molar-refractivity contribution in [3.63, 3.8) is 0 Å². The molecule has 4 rings (SSSR count). The number of aliphatic hydroxyl groups excluding tert-OH is 2. The molecule has 0 saturated carbocycles. The van der Waals surface area contributed by atoms with E-state index >= 15 is 0 Å². The van der Waals surface area contributed by atoms with E-state index in [2.05, 4.69) is 9.97 Å². The smallest absolute Gasteiger partial charge is 0.260 e. The first-order chi connectivity index (χ1) is 13.1. The second kappa shape index (κ2) is 7.69. The van der Waals surface area contributed by atoms with Crippen LogP contribution in [-0.2, 0) is 6.54 Å². The standard InChI is InChI=1S/C19H20ClN3O3S/c20-14-4-2-1-3-12(14)13-10-27-19-17(13)18(26)21-16(22-19)8-23-6-5-11(9-24)15(25)7-23/h1-4,10-11,15,24-25H,5-9H2,(H,21,22,26). The van der Waals surface area contributed by atoms with E-state index in [1.807, 2.05) is 28.5 Å². The number of H-pyrrole nitrogens is 1. The number of thiophene rings is 1. The fourth-order valence-corrected chi connectivity index (χ4v) is 4.76. The highest BCUT2D eigenvalue weighted by molar-refractivity contribution is 7.17. The van der Waals surface area contributed by atoms with Gasteiger partial charge in [0.25, 0.3) is 5.56 Å². The summed E-state index contributed by atoms with van der Waals surface area (Å²) in [6, 6.07) is 7.44. The third-order valence-corrected chi connectivity index (χ3v) is 6.27. The van der Waals surface area contributed by atoms with Gasteiger partial charge in [-0.15, -0.1) is 11.3 Å². The van der Waals surface area contributed by atoms with Gasteiger partial charge in [-0.25, -0.2) is 4.98 Å². The molecule has 0 amide bonds. The Morgan fingerprint density at radius 3 is 2.89 bits per heavy atom. The van der Waals surface area contributed by atoms with Crippen molar-refractivity contribution in [2.75, 3.05) is 19.7 Å². The molecule has 0 spiro atoms. The van der Waals surface area contributed by atoms with Gasteiger partial charge in [-0.05, 0) is 19.0 Å². The maximum absolute atomic E-state index is 12.7. The largest absolute Gasteiger partial charge is 0.396 e. The molecular formula is C19H20ClN3O3S. The Hall–Kier alpha value is -1.77. The molecular weight excluding hydrogens is 386 g/mol. The zero-order valence-corrected chi connectivity index (χ0v) is 16.1. The van der Waals surface area contributed by atoms with E-state index in [9.17, 15) is 15.0 Å². The number of fused-ring (bicyclic) bond motifs is 1. The van der Waals surface area contributed by atoms with Crippen LogP contribution in [0.5, 0.6) is 0 Å². The van der Waals surface area contributed by atoms with Gasteiger partial charge in [-0.1, -0.05) is 29.8 Å². The number of aromatic nitrogens is 2. The van der Waals surface area contributed by atoms with Gasteiger partial charge in [0.2, 0.25) is 0 Å². The Kier molecular flexibility index (Phi) is 5.29. The first kappa shape index (κ1) is 18.6. The van der Waals surface area contributed by atoms with Gasteiger partial charge in [0.1, 0.15) is 10.7 Å². The number of hydrogen-bond acceptors (Lipinski definition) is 6. The lowest BCUT2D eigenvalue weighted by Crippen LogP contribution is -2.44. The van der Waals surface area contributed by atoms with Crippen LogP contribution in [0.1, 0.15) is 12.2 Å². The number of likely N-dealkylation sites (tertiary alicyclic amines) is 1. The van der Waals surface area contributed by atoms with Crippen LogP contribution in [0.3, 0.4) is 0 Å². The maximum atomic E-state index is 12.7. The maximum Gasteiger partial charge on any atom is 0.260 e. The van der Waals surface area contributed by atoms with Crippen molar-refractivity contribution in [3.05, 3.63) is 50.8 Å². The minimum Gasteiger partial charge on any atom is -0.396 e. The first-order valence-corrected chi connectivity index (χ1v) is 10.1. The fraction of sp³-hybridized carbons (Fsp3) is 0.368. The van der Waals surface area contributed by atoms with Gasteiger partial charge in [0.05, 0.1) is 18.0 Å². The molecule has 0 aliphatic carbocycles. The zero-order chi connectivity index (χ0) is 19.0. The zero-order valence-electron chi connectivity index (χ0n) is 14.6. The number of hydrogen-bond donors (Lipinski definition) is 3. The van der Waals surface area contributed by atoms with E-state index in [1.165, 1.54) is 11.3 Å². The van der Waals surface area contributed by atoms with Gasteiger partial charge >= 0.3 is 0 Å². The molecule has 1 aromatic carbocycles. The summed E-state index contributed by atoms with van der Waals surface area (Å²) in [5.41, 5.74) is 1.43. The van der Waals surface area contributed by atoms with Crippen molar-refractivity contribution >= 4 is 33.2 Å². The summed E-state index contributed by atoms with van der Waals surface area (Å²) >= 11 is 7.71. The Balaban J connectivity index is 1.62. The lowest BCUT2D eigenvalue weighted by atomic mass is 9.95. The molecule has 1 aliphatic heterocycles. The van der Waals surface area contributed by atoms with Gasteiger partial charge in [-0.2, -0.15) is 0 Å². The summed E-state index contributed by atoms with van der Waals surface area (Å²) in [4.78, 5) is 23.0. The quantitative estimate of drug-likeness (QED) is 0.620. The summed E-state index contributed by atoms with van der Waals surface area (Å²) in [6.07, 6.45) is 0.160. The minimum atomic E-state index is -0.562. The van der Waals surface area contributed by atoms with E-state index in [-0.39, 0.29) is 18.1 Å². The predicted molar refractivity (Wildman–Crippen MR) is 107 cm³/mol. The topological polar surface area (TPSA) is 89.5 Å². The lowest BCUT2D eigenvalue weighted by Gasteiger charge is -2.34. The Bertz CT molecular complexity index is 1020. The minimum absolute atomic E-state index is 0.00390. The van der Waals surface area contributed by atoms with E-state index < -0.39 is 6.10 Å². The molecule has 1 aliphatic rings. The Morgan fingerprint density at radius 1 is 1.33 bits per heavy atom. The molecule has 1 saturated heterocycles. The first-order valence-electron chi connectivity index (χ1n) is 8.83. The highest BCUT2D eigenvalue weighted by Crippen LogP contribution is 2.34. The monoisotopic (exact) mass is 405 g/mol. The van der Waals surface area contributed by atoms with Crippen LogP contribution in [-0.4, -0.2) is 50.9 Å². The molecule has 0 bridgehead atoms. The Morgan fingerprint density at radius 2 is 2.15 bits per heavy atom. The molecule has 1 fully saturated rings. The van der Waals surface area contributed by atoms with Crippen molar-refractivity contribution in [2.45, 2.75) is 19.1 Å². The van der Waals surface area contributed by atoms with Crippen LogP contribution in [0.4, 0.5) is 0 Å². The van der Waals surface area contributed by atoms with Gasteiger partial charge < -0.3 is 15.2 Å². The summed E-state index contributed by atoms with van der Waals surface area (Å²) in [5.74, 6) is 0.501. The second-order valence-corrected chi connectivity index (χ2v) is 8.12. The van der Waals surface area contributed by atoms with Crippen molar-refractivity contribution in [1.82, 2.24) is 14.9 Å². The van der Waals surface area contributed by atoms with Crippen molar-refractivity contribution in [3.8, 4) is 11.1 Å². The molecule has 3 N–H and O–H groups in total. The lowest BCUT2D eigenvalue weighted by molar-refractivity contribution is -0.00515. The molecule has 3 aromatic rings. The van der Waals surface area contributed by atoms with Crippen LogP contribution >= 0.6 is 22.9 Å². The molecule has 6 nitrogen and oxygen atoms in total. The average Bonchev–Trinajstić information content (AvgIpc) is 3.06. The van der Waals surface area contributed by atoms with E-state index in [0.717, 1.165) is 24.1 Å². The number of benzene rings is 1. The number of nitrogens with zero attached hydrogens (tertiary/aromatic N) is 2. The van der Waals surface area contributed by atoms with Gasteiger partial charge in [0, 0.05) is 40.6 Å². The Labute approximate surface area is 165 Å². The van der Waals surface area contributed by atoms with Crippen molar-refractivity contribution in [1.29, 1.82) is 0 Å². The molecule has 2 unspecified atom stereocenters. The van der Waals surface area contributed by atoms with Crippen LogP contribution in [0, 0.1) is 5.92 Å². The molecule has 2 atom stereocenters. The van der Waals surface area contributed by atoms with E-state index in [1.54, 1.807) is 6.07 Å². The van der Waals surface area contributed by atoms with Crippen molar-refractivity contribution < 1.29 is 10.2 Å². The van der Waals surface area contributed by atoms with Crippen LogP contribution in [0.15, 0.2) is 34.4 Å². The highest BCUT2D eigenvalue weighted by atomic mass is 35.5. The average molecular weight is 406 g/mol. The fourth-order valence-electron chi connectivity index (χ4n) is 3.56. The number of piperidine rings is 1. The third kappa shape index (κ3) is 3.66. The third-order valence-electron chi connectivity index (χ3n) is 5.07. The van der Waals surface area contributed by atoms with Crippen LogP contribution in [0.2, 0.25) is 5.02 Å². The summed E-state index contributed by atoms with van der Waals surface area (Å²) in [6.45, 7) is 1.66. The van der Waals surface area contributed by atoms with E-state index in [0.29, 0.717) is 34.2 Å². The molecule has 3 heterocycles. The summed E-state index contributed by atoms with van der Waals surface area (Å²) in [5, 5.41) is 22.4. The summed E-state index contributed by atoms with van der Waals surface area (Å²) < 4.78 is 0. The number of aromatic amines is 1. The van der Waals surface area contributed by atoms with E-state index in [4.69, 9.17) is 11.6 Å². The molecule has 8 heteroatoms. The molecule has 27 heavy (non-hydrogen) atoms. The van der Waals surface area contributed by atoms with Crippen LogP contribution in [0.25, 0.3) is 21.3 Å². The second-order valence-electron chi connectivity index (χ2n) is 6.86. The van der Waals surface area contributed by atoms with Crippen molar-refractivity contribution in [2.24, 2.45) is 5.92 Å². The number of nitrogens with one attached hydrogen (secondary N) is 1. The predicted octanol–water partition coefficient (Wildman–Crippen LogP) is 2.48. The number of halogens is 1. The number of aliphatic hydroxyl groups is 2. The normalized spacial score (nSPS) is 21.0. The highest BCUT2D eigenvalue weighted by Gasteiger charge is 2.27. The molecule has 2 aromatic heterocycles. The van der Waals surface area contributed by atoms with Crippen LogP contribution < -0.4 is 5.56 Å². The van der Waals surface area contributed by atoms with Gasteiger partial charge in [0.15, 0.2) is 0 Å². The molecule has 142 valence electrons. The number of rotatable bonds is 4. The summed E-state index contributed by atoms with van der Waals surface area (Å²) in [7, 11) is 0. The number of β-amino-alcohol motifs (C(OH)–C–C–N with tert-alkyl or cyclic N) is 1. The SMILES string of the molecule is O=c1[nH]c(CN2CCC(CO)C(O)C2)nc2scc(-c3ccccc3Cl)c12. The molecule has 0 radical (unpaired) electrons.